The molecule has 3 rings (SSSR count). The van der Waals surface area contributed by atoms with E-state index in [0.29, 0.717) is 0 Å². The van der Waals surface area contributed by atoms with E-state index in [-0.39, 0.29) is 0 Å². The van der Waals surface area contributed by atoms with Crippen LogP contribution in [0.4, 0.5) is 28.4 Å². The Bertz CT molecular complexity index is 1270. The largest absolute Gasteiger partial charge is 0.371 e. The minimum atomic E-state index is 0.732. The van der Waals surface area contributed by atoms with E-state index >= 15 is 0 Å². The van der Waals surface area contributed by atoms with Crippen molar-refractivity contribution in [1.82, 2.24) is 0 Å². The molecule has 5 nitrogen and oxygen atoms in total. The standard InChI is InChI=1S/C38H55N5/c1-7-11-13-15-19-33(10-4)29-43(28-32(9-3)18-12-8-2)36-23-25-38(31(6)27-36)42-40-35-22-24-37(30(5)26-35)41-39-34-20-16-14-17-21-34/h14,16-17,20-27,32-33H,7-13,15,18-19,28-29H2,1-6H3. The van der Waals surface area contributed by atoms with Crippen molar-refractivity contribution in [3.8, 4) is 0 Å². The van der Waals surface area contributed by atoms with E-state index in [2.05, 4.69) is 78.2 Å². The van der Waals surface area contributed by atoms with Crippen molar-refractivity contribution in [3.05, 3.63) is 77.9 Å². The van der Waals surface area contributed by atoms with Gasteiger partial charge in [0.15, 0.2) is 0 Å². The summed E-state index contributed by atoms with van der Waals surface area (Å²) in [6.07, 6.45) is 13.1. The van der Waals surface area contributed by atoms with Crippen molar-refractivity contribution in [3.63, 3.8) is 0 Å². The molecular weight excluding hydrogens is 526 g/mol. The Morgan fingerprint density at radius 1 is 0.558 bits per heavy atom. The summed E-state index contributed by atoms with van der Waals surface area (Å²) in [7, 11) is 0. The summed E-state index contributed by atoms with van der Waals surface area (Å²) >= 11 is 0. The van der Waals surface area contributed by atoms with Crippen LogP contribution in [-0.2, 0) is 0 Å². The molecule has 0 amide bonds. The molecule has 0 saturated heterocycles. The van der Waals surface area contributed by atoms with E-state index in [0.717, 1.165) is 58.8 Å². The smallest absolute Gasteiger partial charge is 0.0887 e. The van der Waals surface area contributed by atoms with Crippen molar-refractivity contribution < 1.29 is 0 Å². The van der Waals surface area contributed by atoms with Crippen LogP contribution in [0.3, 0.4) is 0 Å². The van der Waals surface area contributed by atoms with Crippen molar-refractivity contribution in [2.45, 2.75) is 106 Å². The molecule has 0 spiro atoms. The molecular formula is C38H55N5. The Balaban J connectivity index is 1.74. The maximum absolute atomic E-state index is 4.65. The first kappa shape index (κ1) is 34.2. The molecule has 0 aliphatic heterocycles. The first-order valence-electron chi connectivity index (χ1n) is 16.8. The van der Waals surface area contributed by atoms with Crippen LogP contribution < -0.4 is 4.90 Å². The summed E-state index contributed by atoms with van der Waals surface area (Å²) < 4.78 is 0. The number of nitrogens with zero attached hydrogens (tertiary/aromatic N) is 5. The summed E-state index contributed by atoms with van der Waals surface area (Å²) in [5.74, 6) is 1.47. The van der Waals surface area contributed by atoms with Gasteiger partial charge in [0.25, 0.3) is 0 Å². The minimum absolute atomic E-state index is 0.732. The molecule has 0 aliphatic carbocycles. The van der Waals surface area contributed by atoms with Gasteiger partial charge in [-0.1, -0.05) is 97.3 Å². The number of anilines is 1. The van der Waals surface area contributed by atoms with Gasteiger partial charge in [0.2, 0.25) is 0 Å². The van der Waals surface area contributed by atoms with Crippen molar-refractivity contribution in [2.24, 2.45) is 32.3 Å². The first-order chi connectivity index (χ1) is 21.0. The topological polar surface area (TPSA) is 52.7 Å². The monoisotopic (exact) mass is 581 g/mol. The van der Waals surface area contributed by atoms with Crippen LogP contribution in [0.2, 0.25) is 0 Å². The van der Waals surface area contributed by atoms with E-state index in [1.165, 1.54) is 69.9 Å². The summed E-state index contributed by atoms with van der Waals surface area (Å²) in [4.78, 5) is 2.68. The lowest BCUT2D eigenvalue weighted by Gasteiger charge is -2.33. The molecule has 0 radical (unpaired) electrons. The van der Waals surface area contributed by atoms with E-state index in [9.17, 15) is 0 Å². The lowest BCUT2D eigenvalue weighted by molar-refractivity contribution is 0.400. The molecule has 2 unspecified atom stereocenters. The van der Waals surface area contributed by atoms with E-state index < -0.39 is 0 Å². The van der Waals surface area contributed by atoms with Gasteiger partial charge < -0.3 is 4.90 Å². The fraction of sp³-hybridized carbons (Fsp3) is 0.526. The van der Waals surface area contributed by atoms with Crippen LogP contribution >= 0.6 is 0 Å². The van der Waals surface area contributed by atoms with Gasteiger partial charge in [-0.2, -0.15) is 20.5 Å². The normalized spacial score (nSPS) is 13.2. The second-order valence-electron chi connectivity index (χ2n) is 12.1. The molecule has 232 valence electrons. The zero-order valence-electron chi connectivity index (χ0n) is 27.7. The molecule has 43 heavy (non-hydrogen) atoms. The highest BCUT2D eigenvalue weighted by Gasteiger charge is 2.18. The molecule has 0 fully saturated rings. The van der Waals surface area contributed by atoms with E-state index in [1.807, 2.05) is 55.5 Å². The molecule has 3 aromatic carbocycles. The third-order valence-corrected chi connectivity index (χ3v) is 8.57. The maximum Gasteiger partial charge on any atom is 0.0887 e. The van der Waals surface area contributed by atoms with Gasteiger partial charge in [0.05, 0.1) is 22.7 Å². The zero-order chi connectivity index (χ0) is 30.9. The van der Waals surface area contributed by atoms with Crippen LogP contribution in [0, 0.1) is 25.7 Å². The molecule has 0 N–H and O–H groups in total. The molecule has 3 aromatic rings. The Kier molecular flexibility index (Phi) is 15.1. The van der Waals surface area contributed by atoms with Gasteiger partial charge in [0, 0.05) is 18.8 Å². The predicted octanol–water partition coefficient (Wildman–Crippen LogP) is 13.2. The van der Waals surface area contributed by atoms with Crippen LogP contribution in [0.5, 0.6) is 0 Å². The van der Waals surface area contributed by atoms with Gasteiger partial charge >= 0.3 is 0 Å². The van der Waals surface area contributed by atoms with E-state index in [1.54, 1.807) is 0 Å². The van der Waals surface area contributed by atoms with Gasteiger partial charge in [-0.05, 0) is 98.2 Å². The third kappa shape index (κ3) is 11.7. The number of unbranched alkanes of at least 4 members (excludes halogenated alkanes) is 4. The summed E-state index contributed by atoms with van der Waals surface area (Å²) in [6.45, 7) is 15.8. The number of hydrogen-bond donors (Lipinski definition) is 0. The highest BCUT2D eigenvalue weighted by Crippen LogP contribution is 2.31. The number of aryl methyl sites for hydroxylation is 2. The summed E-state index contributed by atoms with van der Waals surface area (Å²) in [6, 6.07) is 22.4. The summed E-state index contributed by atoms with van der Waals surface area (Å²) in [5, 5.41) is 18.0. The van der Waals surface area contributed by atoms with Crippen LogP contribution in [0.15, 0.2) is 87.2 Å². The minimum Gasteiger partial charge on any atom is -0.371 e. The Labute approximate surface area is 261 Å². The first-order valence-corrected chi connectivity index (χ1v) is 16.8. The van der Waals surface area contributed by atoms with Gasteiger partial charge in [0.1, 0.15) is 0 Å². The Morgan fingerprint density at radius 2 is 1.14 bits per heavy atom. The molecule has 0 saturated carbocycles. The molecule has 0 aromatic heterocycles. The molecule has 0 bridgehead atoms. The average molecular weight is 582 g/mol. The quantitative estimate of drug-likeness (QED) is 0.103. The molecule has 5 heteroatoms. The number of benzene rings is 3. The molecule has 0 aliphatic rings. The number of hydrogen-bond acceptors (Lipinski definition) is 5. The van der Waals surface area contributed by atoms with Gasteiger partial charge in [-0.15, -0.1) is 0 Å². The third-order valence-electron chi connectivity index (χ3n) is 8.57. The second-order valence-corrected chi connectivity index (χ2v) is 12.1. The molecule has 2 atom stereocenters. The fourth-order valence-electron chi connectivity index (χ4n) is 5.59. The average Bonchev–Trinajstić information content (AvgIpc) is 3.03. The van der Waals surface area contributed by atoms with Gasteiger partial charge in [-0.3, -0.25) is 0 Å². The maximum atomic E-state index is 4.65. The van der Waals surface area contributed by atoms with E-state index in [4.69, 9.17) is 0 Å². The predicted molar refractivity (Wildman–Crippen MR) is 185 cm³/mol. The highest BCUT2D eigenvalue weighted by molar-refractivity contribution is 5.58. The SMILES string of the molecule is CCCCCCC(CC)CN(CC(CC)CCCC)c1ccc(N=Nc2ccc(N=Nc3ccccc3)c(C)c2)c(C)c1. The fourth-order valence-corrected chi connectivity index (χ4v) is 5.59. The van der Waals surface area contributed by atoms with Crippen molar-refractivity contribution in [2.75, 3.05) is 18.0 Å². The van der Waals surface area contributed by atoms with Gasteiger partial charge in [-0.25, -0.2) is 0 Å². The van der Waals surface area contributed by atoms with Crippen LogP contribution in [0.25, 0.3) is 0 Å². The van der Waals surface area contributed by atoms with Crippen LogP contribution in [-0.4, -0.2) is 13.1 Å². The number of rotatable bonds is 19. The highest BCUT2D eigenvalue weighted by atomic mass is 15.1. The zero-order valence-corrected chi connectivity index (χ0v) is 27.7. The summed E-state index contributed by atoms with van der Waals surface area (Å²) in [5.41, 5.74) is 6.91. The second kappa shape index (κ2) is 19.0. The molecule has 0 heterocycles. The lowest BCUT2D eigenvalue weighted by atomic mass is 9.94. The van der Waals surface area contributed by atoms with Crippen LogP contribution in [0.1, 0.15) is 103 Å². The lowest BCUT2D eigenvalue weighted by Crippen LogP contribution is -2.34. The Hall–Kier alpha value is -3.34. The Morgan fingerprint density at radius 3 is 1.72 bits per heavy atom. The van der Waals surface area contributed by atoms with Crippen molar-refractivity contribution >= 4 is 28.4 Å². The van der Waals surface area contributed by atoms with Crippen molar-refractivity contribution in [1.29, 1.82) is 0 Å². The number of azo groups is 2.